The zero-order valence-corrected chi connectivity index (χ0v) is 13.0. The van der Waals surface area contributed by atoms with Crippen LogP contribution in [0.3, 0.4) is 0 Å². The molecule has 0 aliphatic rings. The maximum atomic E-state index is 12.4. The highest BCUT2D eigenvalue weighted by molar-refractivity contribution is 5.95. The molecule has 5 heteroatoms. The van der Waals surface area contributed by atoms with E-state index >= 15 is 0 Å². The van der Waals surface area contributed by atoms with Gasteiger partial charge in [-0.05, 0) is 37.0 Å². The number of aryl methyl sites for hydroxylation is 1. The maximum Gasteiger partial charge on any atom is 0.303 e. The molecule has 23 heavy (non-hydrogen) atoms. The van der Waals surface area contributed by atoms with Crippen LogP contribution in [0.25, 0.3) is 0 Å². The number of benzene rings is 1. The van der Waals surface area contributed by atoms with Gasteiger partial charge in [0.2, 0.25) is 0 Å². The van der Waals surface area contributed by atoms with E-state index in [0.717, 1.165) is 11.1 Å². The average molecular weight is 312 g/mol. The van der Waals surface area contributed by atoms with Gasteiger partial charge in [0.05, 0.1) is 5.56 Å². The molecule has 0 saturated heterocycles. The Morgan fingerprint density at radius 2 is 1.96 bits per heavy atom. The minimum absolute atomic E-state index is 0.0177. The molecular weight excluding hydrogens is 292 g/mol. The van der Waals surface area contributed by atoms with Crippen LogP contribution in [0, 0.1) is 6.92 Å². The van der Waals surface area contributed by atoms with Crippen LogP contribution in [-0.4, -0.2) is 28.0 Å². The molecule has 1 aromatic heterocycles. The number of nitrogens with one attached hydrogen (secondary N) is 1. The number of nitrogens with zero attached hydrogens (tertiary/aromatic N) is 1. The number of carboxylic acids is 1. The number of rotatable bonds is 7. The number of carboxylic acid groups (broad SMARTS) is 1. The van der Waals surface area contributed by atoms with Crippen molar-refractivity contribution in [1.82, 2.24) is 10.3 Å². The van der Waals surface area contributed by atoms with Crippen LogP contribution in [0.5, 0.6) is 0 Å². The van der Waals surface area contributed by atoms with Gasteiger partial charge in [-0.15, -0.1) is 0 Å². The molecule has 1 amide bonds. The van der Waals surface area contributed by atoms with Crippen molar-refractivity contribution in [1.29, 1.82) is 0 Å². The lowest BCUT2D eigenvalue weighted by Gasteiger charge is -2.19. The number of hydrogen-bond donors (Lipinski definition) is 2. The quantitative estimate of drug-likeness (QED) is 0.823. The number of aromatic nitrogens is 1. The molecular formula is C18H20N2O3. The van der Waals surface area contributed by atoms with E-state index in [9.17, 15) is 9.59 Å². The topological polar surface area (TPSA) is 79.3 Å². The Balaban J connectivity index is 2.08. The molecule has 5 nitrogen and oxygen atoms in total. The SMILES string of the molecule is Cc1ccncc1C(=O)NC(CCC(=O)O)Cc1ccccc1. The van der Waals surface area contributed by atoms with Crippen molar-refractivity contribution in [3.8, 4) is 0 Å². The average Bonchev–Trinajstić information content (AvgIpc) is 2.54. The van der Waals surface area contributed by atoms with Crippen molar-refractivity contribution < 1.29 is 14.7 Å². The summed E-state index contributed by atoms with van der Waals surface area (Å²) in [4.78, 5) is 27.2. The summed E-state index contributed by atoms with van der Waals surface area (Å²) < 4.78 is 0. The summed E-state index contributed by atoms with van der Waals surface area (Å²) in [6.07, 6.45) is 4.16. The first-order chi connectivity index (χ1) is 11.1. The Morgan fingerprint density at radius 3 is 2.61 bits per heavy atom. The molecule has 0 aliphatic carbocycles. The van der Waals surface area contributed by atoms with Gasteiger partial charge < -0.3 is 10.4 Å². The Bertz CT molecular complexity index is 671. The minimum Gasteiger partial charge on any atom is -0.481 e. The molecule has 0 radical (unpaired) electrons. The van der Waals surface area contributed by atoms with Gasteiger partial charge in [-0.1, -0.05) is 30.3 Å². The highest BCUT2D eigenvalue weighted by Gasteiger charge is 2.17. The molecule has 2 N–H and O–H groups in total. The molecule has 1 heterocycles. The fraction of sp³-hybridized carbons (Fsp3) is 0.278. The van der Waals surface area contributed by atoms with Gasteiger partial charge in [-0.2, -0.15) is 0 Å². The zero-order valence-electron chi connectivity index (χ0n) is 13.0. The van der Waals surface area contributed by atoms with Crippen LogP contribution in [0.1, 0.15) is 34.3 Å². The molecule has 2 aromatic rings. The predicted octanol–water partition coefficient (Wildman–Crippen LogP) is 2.60. The van der Waals surface area contributed by atoms with Crippen LogP contribution < -0.4 is 5.32 Å². The summed E-state index contributed by atoms with van der Waals surface area (Å²) in [5.74, 6) is -1.09. The summed E-state index contributed by atoms with van der Waals surface area (Å²) in [6, 6.07) is 11.3. The first kappa shape index (κ1) is 16.7. The van der Waals surface area contributed by atoms with E-state index in [4.69, 9.17) is 5.11 Å². The van der Waals surface area contributed by atoms with E-state index in [1.165, 1.54) is 6.20 Å². The van der Waals surface area contributed by atoms with Crippen molar-refractivity contribution in [2.24, 2.45) is 0 Å². The molecule has 0 saturated carbocycles. The molecule has 0 bridgehead atoms. The van der Waals surface area contributed by atoms with E-state index in [-0.39, 0.29) is 18.4 Å². The lowest BCUT2D eigenvalue weighted by atomic mass is 10.0. The van der Waals surface area contributed by atoms with Crippen molar-refractivity contribution >= 4 is 11.9 Å². The molecule has 2 rings (SSSR count). The largest absolute Gasteiger partial charge is 0.481 e. The fourth-order valence-electron chi connectivity index (χ4n) is 2.39. The van der Waals surface area contributed by atoms with Gasteiger partial charge in [0.25, 0.3) is 5.91 Å². The molecule has 1 atom stereocenters. The number of carbonyl (C=O) groups excluding carboxylic acids is 1. The van der Waals surface area contributed by atoms with E-state index < -0.39 is 5.97 Å². The van der Waals surface area contributed by atoms with Gasteiger partial charge in [-0.3, -0.25) is 14.6 Å². The monoisotopic (exact) mass is 312 g/mol. The van der Waals surface area contributed by atoms with E-state index in [1.807, 2.05) is 37.3 Å². The Labute approximate surface area is 135 Å². The van der Waals surface area contributed by atoms with Gasteiger partial charge in [0.15, 0.2) is 0 Å². The zero-order chi connectivity index (χ0) is 16.7. The number of pyridine rings is 1. The third-order valence-electron chi connectivity index (χ3n) is 3.65. The van der Waals surface area contributed by atoms with Gasteiger partial charge in [0.1, 0.15) is 0 Å². The highest BCUT2D eigenvalue weighted by atomic mass is 16.4. The fourth-order valence-corrected chi connectivity index (χ4v) is 2.39. The van der Waals surface area contributed by atoms with Crippen molar-refractivity contribution in [3.63, 3.8) is 0 Å². The smallest absolute Gasteiger partial charge is 0.303 e. The Morgan fingerprint density at radius 1 is 1.22 bits per heavy atom. The van der Waals surface area contributed by atoms with Gasteiger partial charge in [0, 0.05) is 24.9 Å². The Hall–Kier alpha value is -2.69. The number of amides is 1. The Kier molecular flexibility index (Phi) is 5.86. The van der Waals surface area contributed by atoms with Crippen molar-refractivity contribution in [2.45, 2.75) is 32.2 Å². The lowest BCUT2D eigenvalue weighted by molar-refractivity contribution is -0.137. The predicted molar refractivity (Wildman–Crippen MR) is 87.2 cm³/mol. The molecule has 0 spiro atoms. The summed E-state index contributed by atoms with van der Waals surface area (Å²) in [5.41, 5.74) is 2.42. The van der Waals surface area contributed by atoms with Crippen LogP contribution in [-0.2, 0) is 11.2 Å². The van der Waals surface area contributed by atoms with Gasteiger partial charge >= 0.3 is 5.97 Å². The second-order valence-corrected chi connectivity index (χ2v) is 5.48. The number of aliphatic carboxylic acids is 1. The third-order valence-corrected chi connectivity index (χ3v) is 3.65. The second-order valence-electron chi connectivity index (χ2n) is 5.48. The van der Waals surface area contributed by atoms with Crippen molar-refractivity contribution in [2.75, 3.05) is 0 Å². The van der Waals surface area contributed by atoms with Crippen LogP contribution in [0.4, 0.5) is 0 Å². The summed E-state index contributed by atoms with van der Waals surface area (Å²) in [5, 5.41) is 11.8. The molecule has 1 unspecified atom stereocenters. The maximum absolute atomic E-state index is 12.4. The molecule has 120 valence electrons. The standard InChI is InChI=1S/C18H20N2O3/c1-13-9-10-19-12-16(13)18(23)20-15(7-8-17(21)22)11-14-5-3-2-4-6-14/h2-6,9-10,12,15H,7-8,11H2,1H3,(H,20,23)(H,21,22). The molecule has 0 aliphatic heterocycles. The number of hydrogen-bond acceptors (Lipinski definition) is 3. The van der Waals surface area contributed by atoms with E-state index in [1.54, 1.807) is 12.3 Å². The summed E-state index contributed by atoms with van der Waals surface area (Å²) >= 11 is 0. The first-order valence-electron chi connectivity index (χ1n) is 7.53. The lowest BCUT2D eigenvalue weighted by Crippen LogP contribution is -2.37. The highest BCUT2D eigenvalue weighted by Crippen LogP contribution is 2.11. The van der Waals surface area contributed by atoms with Crippen LogP contribution >= 0.6 is 0 Å². The number of carbonyl (C=O) groups is 2. The minimum atomic E-state index is -0.866. The van der Waals surface area contributed by atoms with Gasteiger partial charge in [-0.25, -0.2) is 0 Å². The summed E-state index contributed by atoms with van der Waals surface area (Å²) in [6.45, 7) is 1.85. The van der Waals surface area contributed by atoms with E-state index in [2.05, 4.69) is 10.3 Å². The molecule has 1 aromatic carbocycles. The van der Waals surface area contributed by atoms with Crippen LogP contribution in [0.15, 0.2) is 48.8 Å². The van der Waals surface area contributed by atoms with Crippen molar-refractivity contribution in [3.05, 3.63) is 65.5 Å². The second kappa shape index (κ2) is 8.08. The third kappa shape index (κ3) is 5.21. The molecule has 0 fully saturated rings. The normalized spacial score (nSPS) is 11.7. The first-order valence-corrected chi connectivity index (χ1v) is 7.53. The summed E-state index contributed by atoms with van der Waals surface area (Å²) in [7, 11) is 0. The van der Waals surface area contributed by atoms with Crippen LogP contribution in [0.2, 0.25) is 0 Å². The van der Waals surface area contributed by atoms with E-state index in [0.29, 0.717) is 18.4 Å².